The van der Waals surface area contributed by atoms with E-state index in [9.17, 15) is 14.0 Å². The van der Waals surface area contributed by atoms with Crippen LogP contribution in [-0.4, -0.2) is 22.8 Å². The fraction of sp³-hybridized carbons (Fsp3) is 0.385. The third-order valence-electron chi connectivity index (χ3n) is 3.45. The molecule has 0 amide bonds. The number of H-pyrrole nitrogens is 1. The minimum absolute atomic E-state index is 0.183. The van der Waals surface area contributed by atoms with E-state index in [0.717, 1.165) is 6.07 Å². The minimum atomic E-state index is -0.491. The molecule has 1 N–H and O–H groups in total. The van der Waals surface area contributed by atoms with Gasteiger partial charge in [-0.15, -0.1) is 0 Å². The third kappa shape index (κ3) is 2.08. The van der Waals surface area contributed by atoms with Crippen molar-refractivity contribution in [3.8, 4) is 0 Å². The van der Waals surface area contributed by atoms with Crippen molar-refractivity contribution in [2.75, 3.05) is 13.2 Å². The largest absolute Gasteiger partial charge is 0.381 e. The minimum Gasteiger partial charge on any atom is -0.381 e. The molecule has 1 aromatic heterocycles. The molecule has 3 rings (SSSR count). The molecule has 0 spiro atoms. The van der Waals surface area contributed by atoms with Gasteiger partial charge < -0.3 is 9.72 Å². The van der Waals surface area contributed by atoms with Crippen molar-refractivity contribution in [2.45, 2.75) is 18.9 Å². The molecule has 1 saturated heterocycles. The van der Waals surface area contributed by atoms with Crippen molar-refractivity contribution in [3.63, 3.8) is 0 Å². The highest BCUT2D eigenvalue weighted by Crippen LogP contribution is 2.18. The van der Waals surface area contributed by atoms with E-state index < -0.39 is 17.1 Å². The van der Waals surface area contributed by atoms with Crippen molar-refractivity contribution in [2.24, 2.45) is 0 Å². The Balaban J connectivity index is 2.24. The molecule has 1 aromatic carbocycles. The van der Waals surface area contributed by atoms with Crippen molar-refractivity contribution in [1.82, 2.24) is 9.55 Å². The van der Waals surface area contributed by atoms with Gasteiger partial charge in [0.1, 0.15) is 5.82 Å². The lowest BCUT2D eigenvalue weighted by Gasteiger charge is -2.23. The lowest BCUT2D eigenvalue weighted by Crippen LogP contribution is -2.40. The number of rotatable bonds is 1. The summed E-state index contributed by atoms with van der Waals surface area (Å²) in [4.78, 5) is 27.0. The maximum absolute atomic E-state index is 13.2. The van der Waals surface area contributed by atoms with E-state index in [1.54, 1.807) is 0 Å². The second-order valence-corrected chi connectivity index (χ2v) is 4.64. The fourth-order valence-corrected chi connectivity index (χ4v) is 2.47. The first-order valence-corrected chi connectivity index (χ1v) is 6.18. The van der Waals surface area contributed by atoms with Gasteiger partial charge in [-0.05, 0) is 31.0 Å². The number of nitrogens with one attached hydrogen (secondary N) is 1. The molecule has 0 unspecified atom stereocenters. The first-order valence-electron chi connectivity index (χ1n) is 6.18. The molecule has 0 saturated carbocycles. The maximum Gasteiger partial charge on any atom is 0.329 e. The summed E-state index contributed by atoms with van der Waals surface area (Å²) in [6, 6.07) is 3.60. The Morgan fingerprint density at radius 2 is 2.00 bits per heavy atom. The van der Waals surface area contributed by atoms with Crippen LogP contribution >= 0.6 is 0 Å². The molecule has 19 heavy (non-hydrogen) atoms. The molecule has 100 valence electrons. The monoisotopic (exact) mass is 264 g/mol. The lowest BCUT2D eigenvalue weighted by atomic mass is 10.1. The van der Waals surface area contributed by atoms with Crippen LogP contribution in [0.15, 0.2) is 27.8 Å². The molecular formula is C13H13FN2O3. The number of ether oxygens (including phenoxy) is 1. The molecule has 1 fully saturated rings. The van der Waals surface area contributed by atoms with Crippen molar-refractivity contribution in [3.05, 3.63) is 44.9 Å². The number of benzene rings is 1. The van der Waals surface area contributed by atoms with Gasteiger partial charge in [0.05, 0.1) is 10.9 Å². The summed E-state index contributed by atoms with van der Waals surface area (Å²) in [6.07, 6.45) is 1.23. The van der Waals surface area contributed by atoms with Crippen molar-refractivity contribution < 1.29 is 9.13 Å². The Bertz CT molecular complexity index is 729. The molecule has 1 aliphatic heterocycles. The van der Waals surface area contributed by atoms with E-state index in [4.69, 9.17) is 4.74 Å². The van der Waals surface area contributed by atoms with E-state index in [1.165, 1.54) is 16.7 Å². The van der Waals surface area contributed by atoms with Gasteiger partial charge in [-0.25, -0.2) is 9.18 Å². The van der Waals surface area contributed by atoms with Gasteiger partial charge in [0, 0.05) is 19.3 Å². The topological polar surface area (TPSA) is 64.1 Å². The van der Waals surface area contributed by atoms with Crippen LogP contribution in [-0.2, 0) is 4.74 Å². The summed E-state index contributed by atoms with van der Waals surface area (Å²) < 4.78 is 19.6. The second kappa shape index (κ2) is 4.62. The van der Waals surface area contributed by atoms with E-state index in [0.29, 0.717) is 31.6 Å². The standard InChI is InChI=1S/C13H13FN2O3/c14-8-1-2-11-10(7-8)12(17)16(13(18)15-11)9-3-5-19-6-4-9/h1-2,7,9H,3-6H2,(H,15,18). The summed E-state index contributed by atoms with van der Waals surface area (Å²) in [5.74, 6) is -0.491. The number of hydrogen-bond acceptors (Lipinski definition) is 3. The summed E-state index contributed by atoms with van der Waals surface area (Å²) in [6.45, 7) is 1.05. The Kier molecular flexibility index (Phi) is 2.94. The Hall–Kier alpha value is -1.95. The maximum atomic E-state index is 13.2. The first-order chi connectivity index (χ1) is 9.16. The van der Waals surface area contributed by atoms with Gasteiger partial charge in [-0.1, -0.05) is 0 Å². The number of aromatic amines is 1. The van der Waals surface area contributed by atoms with Crippen molar-refractivity contribution >= 4 is 10.9 Å². The first kappa shape index (κ1) is 12.1. The van der Waals surface area contributed by atoms with Gasteiger partial charge >= 0.3 is 5.69 Å². The van der Waals surface area contributed by atoms with Crippen molar-refractivity contribution in [1.29, 1.82) is 0 Å². The van der Waals surface area contributed by atoms with Crippen LogP contribution in [0.1, 0.15) is 18.9 Å². The van der Waals surface area contributed by atoms with E-state index >= 15 is 0 Å². The van der Waals surface area contributed by atoms with E-state index in [1.807, 2.05) is 0 Å². The number of nitrogens with zero attached hydrogens (tertiary/aromatic N) is 1. The molecule has 2 heterocycles. The fourth-order valence-electron chi connectivity index (χ4n) is 2.47. The highest BCUT2D eigenvalue weighted by atomic mass is 19.1. The summed E-state index contributed by atoms with van der Waals surface area (Å²) in [7, 11) is 0. The highest BCUT2D eigenvalue weighted by Gasteiger charge is 2.20. The summed E-state index contributed by atoms with van der Waals surface area (Å²) >= 11 is 0. The molecule has 0 bridgehead atoms. The molecule has 6 heteroatoms. The smallest absolute Gasteiger partial charge is 0.329 e. The van der Waals surface area contributed by atoms with Crippen LogP contribution in [0.3, 0.4) is 0 Å². The van der Waals surface area contributed by atoms with Gasteiger partial charge in [0.2, 0.25) is 0 Å². The summed E-state index contributed by atoms with van der Waals surface area (Å²) in [5, 5.41) is 0.200. The molecule has 5 nitrogen and oxygen atoms in total. The molecule has 0 aliphatic carbocycles. The van der Waals surface area contributed by atoms with Crippen LogP contribution in [0.25, 0.3) is 10.9 Å². The van der Waals surface area contributed by atoms with Crippen LogP contribution in [0.2, 0.25) is 0 Å². The van der Waals surface area contributed by atoms with Crippen LogP contribution in [0, 0.1) is 5.82 Å². The SMILES string of the molecule is O=c1[nH]c2ccc(F)cc2c(=O)n1C1CCOCC1. The van der Waals surface area contributed by atoms with Gasteiger partial charge in [-0.2, -0.15) is 0 Å². The molecule has 1 aliphatic rings. The van der Waals surface area contributed by atoms with Crippen LogP contribution in [0.4, 0.5) is 4.39 Å². The normalized spacial score (nSPS) is 16.9. The third-order valence-corrected chi connectivity index (χ3v) is 3.45. The second-order valence-electron chi connectivity index (χ2n) is 4.64. The zero-order valence-electron chi connectivity index (χ0n) is 10.2. The Morgan fingerprint density at radius 3 is 2.74 bits per heavy atom. The predicted octanol–water partition coefficient (Wildman–Crippen LogP) is 1.18. The van der Waals surface area contributed by atoms with E-state index in [2.05, 4.69) is 4.98 Å². The highest BCUT2D eigenvalue weighted by molar-refractivity contribution is 5.77. The number of hydrogen-bond donors (Lipinski definition) is 1. The quantitative estimate of drug-likeness (QED) is 0.841. The zero-order valence-corrected chi connectivity index (χ0v) is 10.2. The molecular weight excluding hydrogens is 251 g/mol. The van der Waals surface area contributed by atoms with Crippen LogP contribution in [0.5, 0.6) is 0 Å². The van der Waals surface area contributed by atoms with Crippen LogP contribution < -0.4 is 11.2 Å². The predicted molar refractivity (Wildman–Crippen MR) is 67.9 cm³/mol. The average Bonchev–Trinajstić information content (AvgIpc) is 2.41. The number of halogens is 1. The molecule has 0 radical (unpaired) electrons. The Morgan fingerprint density at radius 1 is 1.26 bits per heavy atom. The molecule has 0 atom stereocenters. The zero-order chi connectivity index (χ0) is 13.4. The average molecular weight is 264 g/mol. The summed E-state index contributed by atoms with van der Waals surface area (Å²) in [5.41, 5.74) is -0.527. The number of fused-ring (bicyclic) bond motifs is 1. The lowest BCUT2D eigenvalue weighted by molar-refractivity contribution is 0.0676. The van der Waals surface area contributed by atoms with E-state index in [-0.39, 0.29) is 11.4 Å². The number of aromatic nitrogens is 2. The van der Waals surface area contributed by atoms with Gasteiger partial charge in [0.15, 0.2) is 0 Å². The van der Waals surface area contributed by atoms with Gasteiger partial charge in [-0.3, -0.25) is 9.36 Å². The molecule has 2 aromatic rings. The Labute approximate surface area is 107 Å². The van der Waals surface area contributed by atoms with Gasteiger partial charge in [0.25, 0.3) is 5.56 Å².